The molecule has 0 aromatic carbocycles. The summed E-state index contributed by atoms with van der Waals surface area (Å²) < 4.78 is 5.74. The van der Waals surface area contributed by atoms with E-state index in [-0.39, 0.29) is 6.04 Å². The fourth-order valence-electron chi connectivity index (χ4n) is 3.00. The molecule has 0 spiro atoms. The summed E-state index contributed by atoms with van der Waals surface area (Å²) in [6.45, 7) is 7.72. The molecule has 6 heteroatoms. The number of likely N-dealkylation sites (N-methyl/N-ethyl adjacent to an activating group) is 2. The third-order valence-corrected chi connectivity index (χ3v) is 4.66. The van der Waals surface area contributed by atoms with Crippen molar-refractivity contribution in [3.05, 3.63) is 22.9 Å². The molecule has 0 saturated carbocycles. The van der Waals surface area contributed by atoms with E-state index < -0.39 is 17.5 Å². The second-order valence-corrected chi connectivity index (χ2v) is 5.50. The number of rotatable bonds is 7. The van der Waals surface area contributed by atoms with E-state index in [1.54, 1.807) is 26.3 Å². The van der Waals surface area contributed by atoms with Crippen LogP contribution in [0.1, 0.15) is 20.8 Å². The molecule has 0 aliphatic heterocycles. The summed E-state index contributed by atoms with van der Waals surface area (Å²) in [5.41, 5.74) is -0.274. The number of carboxylic acids is 1. The van der Waals surface area contributed by atoms with Crippen LogP contribution in [0, 0.1) is 5.92 Å². The Bertz CT molecular complexity index is 446. The molecule has 0 bridgehead atoms. The minimum Gasteiger partial charge on any atom is -0.481 e. The maximum absolute atomic E-state index is 11.7. The maximum Gasteiger partial charge on any atom is 0.313 e. The van der Waals surface area contributed by atoms with Crippen LogP contribution in [0.25, 0.3) is 0 Å². The second kappa shape index (κ2) is 7.29. The second-order valence-electron chi connectivity index (χ2n) is 5.09. The highest BCUT2D eigenvalue weighted by molar-refractivity contribution is 6.32. The van der Waals surface area contributed by atoms with Crippen LogP contribution in [-0.4, -0.2) is 54.9 Å². The predicted octanol–water partition coefficient (Wildman–Crippen LogP) is 2.04. The molecule has 1 rings (SSSR count). The van der Waals surface area contributed by atoms with Gasteiger partial charge in [0.25, 0.3) is 0 Å². The van der Waals surface area contributed by atoms with E-state index in [1.165, 1.54) is 0 Å². The number of carbonyl (C=O) groups is 1. The molecule has 1 aliphatic carbocycles. The summed E-state index contributed by atoms with van der Waals surface area (Å²) in [7, 11) is 3.30. The van der Waals surface area contributed by atoms with Gasteiger partial charge in [-0.3, -0.25) is 9.69 Å². The maximum atomic E-state index is 11.7. The van der Waals surface area contributed by atoms with Gasteiger partial charge in [-0.2, -0.15) is 0 Å². The van der Waals surface area contributed by atoms with Crippen molar-refractivity contribution in [1.82, 2.24) is 10.2 Å². The van der Waals surface area contributed by atoms with Crippen molar-refractivity contribution in [2.24, 2.45) is 5.92 Å². The van der Waals surface area contributed by atoms with Crippen LogP contribution in [0.3, 0.4) is 0 Å². The molecule has 0 amide bonds. The minimum absolute atomic E-state index is 0.108. The standard InChI is InChI=1S/C15H25ClN2O3/c1-6-18(7-2)10(3)15(21-5)9-13(17-4)12(16)8-11(15)14(19)20/h8-11,17H,6-7H2,1-5H3,(H,19,20). The molecule has 0 fully saturated rings. The average Bonchev–Trinajstić information content (AvgIpc) is 2.48. The first-order valence-corrected chi connectivity index (χ1v) is 7.55. The Morgan fingerprint density at radius 1 is 1.57 bits per heavy atom. The number of aliphatic carboxylic acids is 1. The lowest BCUT2D eigenvalue weighted by atomic mass is 9.77. The fourth-order valence-corrected chi connectivity index (χ4v) is 3.28. The molecule has 2 N–H and O–H groups in total. The largest absolute Gasteiger partial charge is 0.481 e. The Morgan fingerprint density at radius 2 is 2.14 bits per heavy atom. The quantitative estimate of drug-likeness (QED) is 0.752. The third-order valence-electron chi connectivity index (χ3n) is 4.33. The van der Waals surface area contributed by atoms with Crippen molar-refractivity contribution >= 4 is 17.6 Å². The van der Waals surface area contributed by atoms with Gasteiger partial charge in [0.15, 0.2) is 0 Å². The zero-order valence-electron chi connectivity index (χ0n) is 13.3. The Kier molecular flexibility index (Phi) is 6.25. The summed E-state index contributed by atoms with van der Waals surface area (Å²) >= 11 is 6.16. The van der Waals surface area contributed by atoms with Crippen molar-refractivity contribution < 1.29 is 14.6 Å². The number of hydrogen-bond donors (Lipinski definition) is 2. The number of nitrogens with zero attached hydrogens (tertiary/aromatic N) is 1. The average molecular weight is 317 g/mol. The monoisotopic (exact) mass is 316 g/mol. The molecule has 5 nitrogen and oxygen atoms in total. The number of carboxylic acid groups (broad SMARTS) is 1. The first-order chi connectivity index (χ1) is 9.87. The highest BCUT2D eigenvalue weighted by Crippen LogP contribution is 2.38. The molecule has 120 valence electrons. The van der Waals surface area contributed by atoms with Crippen molar-refractivity contribution in [2.45, 2.75) is 32.4 Å². The lowest BCUT2D eigenvalue weighted by Gasteiger charge is -2.45. The topological polar surface area (TPSA) is 61.8 Å². The molecule has 0 saturated heterocycles. The lowest BCUT2D eigenvalue weighted by Crippen LogP contribution is -2.58. The van der Waals surface area contributed by atoms with E-state index in [1.807, 2.05) is 20.8 Å². The number of nitrogens with one attached hydrogen (secondary N) is 1. The molecule has 0 radical (unpaired) electrons. The first-order valence-electron chi connectivity index (χ1n) is 7.18. The lowest BCUT2D eigenvalue weighted by molar-refractivity contribution is -0.152. The van der Waals surface area contributed by atoms with Crippen LogP contribution in [0.15, 0.2) is 22.9 Å². The van der Waals surface area contributed by atoms with Crippen molar-refractivity contribution in [1.29, 1.82) is 0 Å². The number of ether oxygens (including phenoxy) is 1. The highest BCUT2D eigenvalue weighted by Gasteiger charge is 2.49. The zero-order chi connectivity index (χ0) is 16.2. The molecular weight excluding hydrogens is 292 g/mol. The summed E-state index contributed by atoms with van der Waals surface area (Å²) in [4.78, 5) is 13.9. The van der Waals surface area contributed by atoms with Gasteiger partial charge in [0.1, 0.15) is 11.5 Å². The third kappa shape index (κ3) is 3.25. The Balaban J connectivity index is 3.38. The van der Waals surface area contributed by atoms with Gasteiger partial charge < -0.3 is 15.2 Å². The van der Waals surface area contributed by atoms with Gasteiger partial charge in [0, 0.05) is 20.2 Å². The molecule has 3 atom stereocenters. The van der Waals surface area contributed by atoms with Gasteiger partial charge >= 0.3 is 5.97 Å². The smallest absolute Gasteiger partial charge is 0.313 e. The number of hydrogen-bond acceptors (Lipinski definition) is 4. The van der Waals surface area contributed by atoms with Gasteiger partial charge in [-0.05, 0) is 32.2 Å². The van der Waals surface area contributed by atoms with Crippen LogP contribution in [0.2, 0.25) is 0 Å². The van der Waals surface area contributed by atoms with E-state index >= 15 is 0 Å². The normalized spacial score (nSPS) is 27.1. The molecule has 0 aromatic rings. The molecule has 0 heterocycles. The van der Waals surface area contributed by atoms with Gasteiger partial charge in [-0.25, -0.2) is 0 Å². The number of halogens is 1. The zero-order valence-corrected chi connectivity index (χ0v) is 14.1. The van der Waals surface area contributed by atoms with Crippen LogP contribution in [-0.2, 0) is 9.53 Å². The summed E-state index contributed by atoms with van der Waals surface area (Å²) in [6.07, 6.45) is 3.36. The molecular formula is C15H25ClN2O3. The Morgan fingerprint density at radius 3 is 2.52 bits per heavy atom. The molecule has 0 aromatic heterocycles. The summed E-state index contributed by atoms with van der Waals surface area (Å²) in [5, 5.41) is 13.0. The number of allylic oxidation sites excluding steroid dienone is 1. The van der Waals surface area contributed by atoms with Crippen LogP contribution in [0.4, 0.5) is 0 Å². The highest BCUT2D eigenvalue weighted by atomic mass is 35.5. The van der Waals surface area contributed by atoms with Crippen LogP contribution >= 0.6 is 11.6 Å². The molecule has 1 aliphatic rings. The van der Waals surface area contributed by atoms with Crippen molar-refractivity contribution in [3.63, 3.8) is 0 Å². The van der Waals surface area contributed by atoms with Gasteiger partial charge in [-0.1, -0.05) is 25.4 Å². The van der Waals surface area contributed by atoms with E-state index in [0.29, 0.717) is 10.7 Å². The minimum atomic E-state index is -0.964. The molecule has 21 heavy (non-hydrogen) atoms. The SMILES string of the molecule is CCN(CC)C(C)C1(OC)C=C(NC)C(Cl)=CC1C(=O)O. The Labute approximate surface area is 131 Å². The van der Waals surface area contributed by atoms with Crippen molar-refractivity contribution in [3.8, 4) is 0 Å². The fraction of sp³-hybridized carbons (Fsp3) is 0.667. The Hall–Kier alpha value is -1.04. The van der Waals surface area contributed by atoms with E-state index in [0.717, 1.165) is 13.1 Å². The van der Waals surface area contributed by atoms with Crippen molar-refractivity contribution in [2.75, 3.05) is 27.2 Å². The van der Waals surface area contributed by atoms with E-state index in [4.69, 9.17) is 16.3 Å². The molecule has 3 unspecified atom stereocenters. The first kappa shape index (κ1) is 18.0. The van der Waals surface area contributed by atoms with E-state index in [2.05, 4.69) is 10.2 Å². The van der Waals surface area contributed by atoms with Crippen LogP contribution < -0.4 is 5.32 Å². The van der Waals surface area contributed by atoms with Crippen LogP contribution in [0.5, 0.6) is 0 Å². The predicted molar refractivity (Wildman–Crippen MR) is 84.3 cm³/mol. The van der Waals surface area contributed by atoms with Gasteiger partial charge in [0.2, 0.25) is 0 Å². The summed E-state index contributed by atoms with van der Waals surface area (Å²) in [5.74, 6) is -1.77. The summed E-state index contributed by atoms with van der Waals surface area (Å²) in [6, 6.07) is -0.108. The van der Waals surface area contributed by atoms with Gasteiger partial charge in [0.05, 0.1) is 10.7 Å². The number of methoxy groups -OCH3 is 1. The van der Waals surface area contributed by atoms with Gasteiger partial charge in [-0.15, -0.1) is 0 Å². The van der Waals surface area contributed by atoms with E-state index in [9.17, 15) is 9.90 Å².